The molecule has 0 aliphatic heterocycles. The van der Waals surface area contributed by atoms with Crippen LogP contribution in [0.3, 0.4) is 0 Å². The summed E-state index contributed by atoms with van der Waals surface area (Å²) in [5.74, 6) is 1.94. The van der Waals surface area contributed by atoms with Crippen LogP contribution in [0.4, 0.5) is 0 Å². The highest BCUT2D eigenvalue weighted by Crippen LogP contribution is 2.27. The van der Waals surface area contributed by atoms with Crippen LogP contribution in [0.1, 0.15) is 31.3 Å². The highest BCUT2D eigenvalue weighted by atomic mass is 16.5. The minimum Gasteiger partial charge on any atom is -0.504 e. The molecule has 3 rings (SSSR count). The van der Waals surface area contributed by atoms with Gasteiger partial charge in [0.25, 0.3) is 0 Å². The van der Waals surface area contributed by atoms with Crippen LogP contribution < -0.4 is 10.1 Å². The molecule has 0 saturated heterocycles. The molecule has 0 saturated carbocycles. The fourth-order valence-corrected chi connectivity index (χ4v) is 2.84. The summed E-state index contributed by atoms with van der Waals surface area (Å²) in [7, 11) is 1.54. The number of hydrogen-bond donors (Lipinski definition) is 3. The fourth-order valence-electron chi connectivity index (χ4n) is 2.84. The largest absolute Gasteiger partial charge is 0.504 e. The molecule has 0 fully saturated rings. The molecule has 2 aromatic carbocycles. The fraction of sp³-hybridized carbons (Fsp3) is 0.316. The Labute approximate surface area is 141 Å². The smallest absolute Gasteiger partial charge is 0.160 e. The van der Waals surface area contributed by atoms with Crippen molar-refractivity contribution in [2.45, 2.75) is 26.4 Å². The Bertz CT molecular complexity index is 793. The Morgan fingerprint density at radius 2 is 2.00 bits per heavy atom. The normalized spacial score (nSPS) is 12.7. The third-order valence-electron chi connectivity index (χ3n) is 4.14. The Hall–Kier alpha value is -2.53. The number of hydrogen-bond acceptors (Lipinski definition) is 4. The lowest BCUT2D eigenvalue weighted by molar-refractivity contribution is 0.371. The van der Waals surface area contributed by atoms with Crippen LogP contribution in [0.15, 0.2) is 42.5 Å². The lowest BCUT2D eigenvalue weighted by atomic mass is 10.0. The summed E-state index contributed by atoms with van der Waals surface area (Å²) in [6.45, 7) is 4.96. The lowest BCUT2D eigenvalue weighted by Crippen LogP contribution is -2.26. The first kappa shape index (κ1) is 16.3. The van der Waals surface area contributed by atoms with E-state index in [1.165, 1.54) is 0 Å². The number of rotatable bonds is 6. The first-order valence-corrected chi connectivity index (χ1v) is 8.12. The number of phenolic OH excluding ortho intramolecular Hbond substituents is 1. The van der Waals surface area contributed by atoms with E-state index in [-0.39, 0.29) is 11.8 Å². The number of fused-ring (bicyclic) bond motifs is 1. The number of benzene rings is 2. The number of aromatic amines is 1. The van der Waals surface area contributed by atoms with Crippen LogP contribution in [0.2, 0.25) is 0 Å². The van der Waals surface area contributed by atoms with E-state index in [4.69, 9.17) is 9.72 Å². The third kappa shape index (κ3) is 3.36. The Morgan fingerprint density at radius 3 is 2.67 bits per heavy atom. The quantitative estimate of drug-likeness (QED) is 0.645. The summed E-state index contributed by atoms with van der Waals surface area (Å²) < 4.78 is 5.08. The third-order valence-corrected chi connectivity index (χ3v) is 4.14. The number of H-pyrrole nitrogens is 1. The van der Waals surface area contributed by atoms with Crippen LogP contribution >= 0.6 is 0 Å². The first-order valence-electron chi connectivity index (χ1n) is 8.12. The van der Waals surface area contributed by atoms with Crippen molar-refractivity contribution in [3.63, 3.8) is 0 Å². The summed E-state index contributed by atoms with van der Waals surface area (Å²) in [6.07, 6.45) is 0. The van der Waals surface area contributed by atoms with Crippen LogP contribution in [0.25, 0.3) is 11.0 Å². The van der Waals surface area contributed by atoms with Gasteiger partial charge in [-0.1, -0.05) is 32.0 Å². The number of aromatic hydroxyl groups is 1. The van der Waals surface area contributed by atoms with E-state index in [2.05, 4.69) is 24.1 Å². The van der Waals surface area contributed by atoms with Crippen molar-refractivity contribution in [1.29, 1.82) is 0 Å². The predicted molar refractivity (Wildman–Crippen MR) is 95.2 cm³/mol. The van der Waals surface area contributed by atoms with Crippen LogP contribution in [-0.2, 0) is 6.54 Å². The van der Waals surface area contributed by atoms with E-state index in [1.54, 1.807) is 19.2 Å². The molecule has 0 spiro atoms. The van der Waals surface area contributed by atoms with Gasteiger partial charge >= 0.3 is 0 Å². The molecule has 0 radical (unpaired) electrons. The van der Waals surface area contributed by atoms with Gasteiger partial charge in [0.2, 0.25) is 0 Å². The standard InChI is InChI=1S/C19H23N3O2/c1-12(2)18(19-21-14-6-4-5-7-15(14)22-19)20-11-13-8-9-17(24-3)16(23)10-13/h4-10,12,18,20,23H,11H2,1-3H3,(H,21,22). The molecule has 1 heterocycles. The second kappa shape index (κ2) is 6.93. The highest BCUT2D eigenvalue weighted by Gasteiger charge is 2.19. The van der Waals surface area contributed by atoms with E-state index in [1.807, 2.05) is 30.3 Å². The molecule has 3 aromatic rings. The Balaban J connectivity index is 1.78. The number of aromatic nitrogens is 2. The molecule has 0 aliphatic carbocycles. The minimum atomic E-state index is 0.0987. The van der Waals surface area contributed by atoms with Gasteiger partial charge in [-0.3, -0.25) is 0 Å². The number of phenols is 1. The molecular weight excluding hydrogens is 302 g/mol. The molecule has 0 aliphatic rings. The van der Waals surface area contributed by atoms with Gasteiger partial charge in [-0.2, -0.15) is 0 Å². The second-order valence-corrected chi connectivity index (χ2v) is 6.25. The molecule has 1 aromatic heterocycles. The van der Waals surface area contributed by atoms with Gasteiger partial charge in [-0.05, 0) is 35.7 Å². The van der Waals surface area contributed by atoms with Crippen molar-refractivity contribution in [3.05, 3.63) is 53.9 Å². The van der Waals surface area contributed by atoms with Gasteiger partial charge in [0, 0.05) is 6.54 Å². The number of para-hydroxylation sites is 2. The number of imidazole rings is 1. The summed E-state index contributed by atoms with van der Waals surface area (Å²) in [5, 5.41) is 13.4. The van der Waals surface area contributed by atoms with E-state index >= 15 is 0 Å². The topological polar surface area (TPSA) is 70.2 Å². The maximum atomic E-state index is 9.91. The highest BCUT2D eigenvalue weighted by molar-refractivity contribution is 5.74. The van der Waals surface area contributed by atoms with E-state index < -0.39 is 0 Å². The second-order valence-electron chi connectivity index (χ2n) is 6.25. The maximum Gasteiger partial charge on any atom is 0.160 e. The van der Waals surface area contributed by atoms with Gasteiger partial charge < -0.3 is 20.1 Å². The van der Waals surface area contributed by atoms with Gasteiger partial charge in [-0.25, -0.2) is 4.98 Å². The number of methoxy groups -OCH3 is 1. The summed E-state index contributed by atoms with van der Waals surface area (Å²) in [4.78, 5) is 8.10. The average molecular weight is 325 g/mol. The summed E-state index contributed by atoms with van der Waals surface area (Å²) in [6, 6.07) is 13.6. The molecule has 0 amide bonds. The Morgan fingerprint density at radius 1 is 1.21 bits per heavy atom. The van der Waals surface area contributed by atoms with Crippen molar-refractivity contribution >= 4 is 11.0 Å². The number of ether oxygens (including phenoxy) is 1. The monoisotopic (exact) mass is 325 g/mol. The molecule has 24 heavy (non-hydrogen) atoms. The molecule has 1 unspecified atom stereocenters. The maximum absolute atomic E-state index is 9.91. The van der Waals surface area contributed by atoms with Crippen molar-refractivity contribution in [2.75, 3.05) is 7.11 Å². The van der Waals surface area contributed by atoms with Crippen molar-refractivity contribution < 1.29 is 9.84 Å². The zero-order valence-electron chi connectivity index (χ0n) is 14.2. The zero-order valence-corrected chi connectivity index (χ0v) is 14.2. The Kier molecular flexibility index (Phi) is 4.71. The molecule has 5 heteroatoms. The van der Waals surface area contributed by atoms with E-state index in [0.29, 0.717) is 18.2 Å². The van der Waals surface area contributed by atoms with E-state index in [9.17, 15) is 5.11 Å². The number of nitrogens with one attached hydrogen (secondary N) is 2. The molecule has 126 valence electrons. The first-order chi connectivity index (χ1) is 11.6. The molecular formula is C19H23N3O2. The predicted octanol–water partition coefficient (Wildman–Crippen LogP) is 3.76. The molecule has 1 atom stereocenters. The lowest BCUT2D eigenvalue weighted by Gasteiger charge is -2.20. The van der Waals surface area contributed by atoms with Gasteiger partial charge in [0.15, 0.2) is 11.5 Å². The van der Waals surface area contributed by atoms with Gasteiger partial charge in [0.1, 0.15) is 5.82 Å². The minimum absolute atomic E-state index is 0.0987. The molecule has 3 N–H and O–H groups in total. The summed E-state index contributed by atoms with van der Waals surface area (Å²) >= 11 is 0. The van der Waals surface area contributed by atoms with Crippen LogP contribution in [0.5, 0.6) is 11.5 Å². The van der Waals surface area contributed by atoms with Crippen LogP contribution in [0, 0.1) is 5.92 Å². The van der Waals surface area contributed by atoms with Gasteiger partial charge in [0.05, 0.1) is 24.2 Å². The van der Waals surface area contributed by atoms with Gasteiger partial charge in [-0.15, -0.1) is 0 Å². The average Bonchev–Trinajstić information content (AvgIpc) is 2.98. The van der Waals surface area contributed by atoms with E-state index in [0.717, 1.165) is 22.4 Å². The van der Waals surface area contributed by atoms with Crippen molar-refractivity contribution in [3.8, 4) is 11.5 Å². The molecule has 0 bridgehead atoms. The van der Waals surface area contributed by atoms with Crippen molar-refractivity contribution in [1.82, 2.24) is 15.3 Å². The SMILES string of the molecule is COc1ccc(CNC(c2nc3ccccc3[nH]2)C(C)C)cc1O. The van der Waals surface area contributed by atoms with Crippen LogP contribution in [-0.4, -0.2) is 22.2 Å². The number of nitrogens with zero attached hydrogens (tertiary/aromatic N) is 1. The zero-order chi connectivity index (χ0) is 17.1. The van der Waals surface area contributed by atoms with Crippen molar-refractivity contribution in [2.24, 2.45) is 5.92 Å². The molecule has 5 nitrogen and oxygen atoms in total. The summed E-state index contributed by atoms with van der Waals surface area (Å²) in [5.41, 5.74) is 3.01.